The van der Waals surface area contributed by atoms with E-state index in [0.29, 0.717) is 5.89 Å². The molecule has 1 aliphatic rings. The van der Waals surface area contributed by atoms with Gasteiger partial charge in [0.1, 0.15) is 0 Å². The van der Waals surface area contributed by atoms with Crippen LogP contribution in [0.15, 0.2) is 28.7 Å². The lowest BCUT2D eigenvalue weighted by Crippen LogP contribution is -2.01. The fraction of sp³-hybridized carbons (Fsp3) is 0.357. The number of hydrogen-bond acceptors (Lipinski definition) is 4. The fourth-order valence-corrected chi connectivity index (χ4v) is 1.84. The number of benzene rings is 1. The number of aryl methyl sites for hydroxylation is 1. The van der Waals surface area contributed by atoms with Gasteiger partial charge >= 0.3 is 0 Å². The quantitative estimate of drug-likeness (QED) is 0.773. The van der Waals surface area contributed by atoms with Crippen molar-refractivity contribution in [3.05, 3.63) is 35.7 Å². The molecule has 3 rings (SSSR count). The SMILES string of the molecule is CCc1ccc(-c2nnc(C(=O)C3CC3)o2)cc1. The molecule has 92 valence electrons. The van der Waals surface area contributed by atoms with Gasteiger partial charge in [-0.25, -0.2) is 0 Å². The highest BCUT2D eigenvalue weighted by Gasteiger charge is 2.34. The molecule has 0 bridgehead atoms. The number of carbonyl (C=O) groups excluding carboxylic acids is 1. The second-order valence-corrected chi connectivity index (χ2v) is 4.60. The minimum atomic E-state index is -0.0149. The molecule has 1 aromatic carbocycles. The second kappa shape index (κ2) is 4.37. The van der Waals surface area contributed by atoms with Crippen LogP contribution < -0.4 is 0 Å². The average molecular weight is 242 g/mol. The van der Waals surface area contributed by atoms with E-state index < -0.39 is 0 Å². The summed E-state index contributed by atoms with van der Waals surface area (Å²) in [6, 6.07) is 7.94. The smallest absolute Gasteiger partial charge is 0.284 e. The zero-order valence-electron chi connectivity index (χ0n) is 10.2. The molecule has 1 aromatic heterocycles. The van der Waals surface area contributed by atoms with Crippen LogP contribution in [0.2, 0.25) is 0 Å². The first-order valence-electron chi connectivity index (χ1n) is 6.25. The summed E-state index contributed by atoms with van der Waals surface area (Å²) in [6.45, 7) is 2.11. The molecule has 4 heteroatoms. The number of Topliss-reactive ketones (excluding diaryl/α,β-unsaturated/α-hetero) is 1. The highest BCUT2D eigenvalue weighted by atomic mass is 16.4. The molecule has 0 unspecified atom stereocenters. The molecular formula is C14H14N2O2. The molecule has 0 saturated heterocycles. The Bertz CT molecular complexity index is 568. The highest BCUT2D eigenvalue weighted by molar-refractivity contribution is 5.95. The van der Waals surface area contributed by atoms with Crippen molar-refractivity contribution >= 4 is 5.78 Å². The summed E-state index contributed by atoms with van der Waals surface area (Å²) in [5.41, 5.74) is 2.11. The minimum Gasteiger partial charge on any atom is -0.414 e. The Morgan fingerprint density at radius 2 is 2.00 bits per heavy atom. The molecule has 0 aliphatic heterocycles. The van der Waals surface area contributed by atoms with E-state index >= 15 is 0 Å². The monoisotopic (exact) mass is 242 g/mol. The van der Waals surface area contributed by atoms with Crippen molar-refractivity contribution in [3.8, 4) is 11.5 Å². The first-order chi connectivity index (χ1) is 8.78. The summed E-state index contributed by atoms with van der Waals surface area (Å²) < 4.78 is 5.43. The summed E-state index contributed by atoms with van der Waals surface area (Å²) in [5.74, 6) is 0.661. The highest BCUT2D eigenvalue weighted by Crippen LogP contribution is 2.32. The van der Waals surface area contributed by atoms with E-state index in [0.717, 1.165) is 24.8 Å². The summed E-state index contributed by atoms with van der Waals surface area (Å²) in [7, 11) is 0. The predicted molar refractivity (Wildman–Crippen MR) is 66.2 cm³/mol. The van der Waals surface area contributed by atoms with Gasteiger partial charge in [-0.15, -0.1) is 10.2 Å². The van der Waals surface area contributed by atoms with E-state index in [1.165, 1.54) is 5.56 Å². The van der Waals surface area contributed by atoms with E-state index in [2.05, 4.69) is 17.1 Å². The Labute approximate surface area is 105 Å². The number of nitrogens with zero attached hydrogens (tertiary/aromatic N) is 2. The van der Waals surface area contributed by atoms with Crippen molar-refractivity contribution in [1.82, 2.24) is 10.2 Å². The van der Waals surface area contributed by atoms with Gasteiger partial charge in [0, 0.05) is 11.5 Å². The first kappa shape index (κ1) is 11.1. The first-order valence-corrected chi connectivity index (χ1v) is 6.25. The van der Waals surface area contributed by atoms with Crippen molar-refractivity contribution in [1.29, 1.82) is 0 Å². The molecule has 1 saturated carbocycles. The Morgan fingerprint density at radius 3 is 2.61 bits per heavy atom. The molecule has 2 aromatic rings. The van der Waals surface area contributed by atoms with Crippen molar-refractivity contribution in [2.45, 2.75) is 26.2 Å². The molecule has 1 heterocycles. The van der Waals surface area contributed by atoms with Crippen LogP contribution >= 0.6 is 0 Å². The van der Waals surface area contributed by atoms with E-state index in [1.54, 1.807) is 0 Å². The zero-order chi connectivity index (χ0) is 12.5. The molecule has 18 heavy (non-hydrogen) atoms. The number of ketones is 1. The van der Waals surface area contributed by atoms with Crippen LogP contribution in [-0.4, -0.2) is 16.0 Å². The van der Waals surface area contributed by atoms with E-state index in [9.17, 15) is 4.79 Å². The van der Waals surface area contributed by atoms with Gasteiger partial charge < -0.3 is 4.42 Å². The van der Waals surface area contributed by atoms with Gasteiger partial charge in [-0.05, 0) is 37.0 Å². The molecule has 0 atom stereocenters. The van der Waals surface area contributed by atoms with Crippen molar-refractivity contribution in [3.63, 3.8) is 0 Å². The fourth-order valence-electron chi connectivity index (χ4n) is 1.84. The van der Waals surface area contributed by atoms with Gasteiger partial charge in [0.2, 0.25) is 11.7 Å². The van der Waals surface area contributed by atoms with Crippen molar-refractivity contribution < 1.29 is 9.21 Å². The van der Waals surface area contributed by atoms with Crippen LogP contribution in [0.5, 0.6) is 0 Å². The lowest BCUT2D eigenvalue weighted by Gasteiger charge is -1.97. The predicted octanol–water partition coefficient (Wildman–Crippen LogP) is 2.89. The van der Waals surface area contributed by atoms with Gasteiger partial charge in [0.15, 0.2) is 0 Å². The van der Waals surface area contributed by atoms with Gasteiger partial charge in [0.25, 0.3) is 5.89 Å². The van der Waals surface area contributed by atoms with Crippen LogP contribution in [0.4, 0.5) is 0 Å². The van der Waals surface area contributed by atoms with Crippen LogP contribution in [0.3, 0.4) is 0 Å². The third kappa shape index (κ3) is 2.06. The summed E-state index contributed by atoms with van der Waals surface area (Å²) in [6.07, 6.45) is 2.89. The van der Waals surface area contributed by atoms with Crippen molar-refractivity contribution in [2.75, 3.05) is 0 Å². The molecule has 0 radical (unpaired) electrons. The zero-order valence-corrected chi connectivity index (χ0v) is 10.2. The van der Waals surface area contributed by atoms with Gasteiger partial charge in [-0.2, -0.15) is 0 Å². The maximum atomic E-state index is 11.8. The molecule has 0 amide bonds. The number of rotatable bonds is 4. The largest absolute Gasteiger partial charge is 0.414 e. The van der Waals surface area contributed by atoms with E-state index in [-0.39, 0.29) is 17.6 Å². The molecule has 0 spiro atoms. The number of aromatic nitrogens is 2. The lowest BCUT2D eigenvalue weighted by atomic mass is 10.1. The second-order valence-electron chi connectivity index (χ2n) is 4.60. The Kier molecular flexibility index (Phi) is 2.70. The van der Waals surface area contributed by atoms with Crippen LogP contribution in [-0.2, 0) is 6.42 Å². The van der Waals surface area contributed by atoms with Gasteiger partial charge in [-0.1, -0.05) is 19.1 Å². The maximum Gasteiger partial charge on any atom is 0.284 e. The normalized spacial score (nSPS) is 14.7. The average Bonchev–Trinajstić information content (AvgIpc) is 3.15. The van der Waals surface area contributed by atoms with Crippen LogP contribution in [0, 0.1) is 5.92 Å². The number of hydrogen-bond donors (Lipinski definition) is 0. The summed E-state index contributed by atoms with van der Waals surface area (Å²) in [4.78, 5) is 11.8. The number of carbonyl (C=O) groups is 1. The molecular weight excluding hydrogens is 228 g/mol. The van der Waals surface area contributed by atoms with E-state index in [1.807, 2.05) is 24.3 Å². The topological polar surface area (TPSA) is 56.0 Å². The Morgan fingerprint density at radius 1 is 1.28 bits per heavy atom. The molecule has 4 nitrogen and oxygen atoms in total. The lowest BCUT2D eigenvalue weighted by molar-refractivity contribution is 0.0934. The molecule has 0 N–H and O–H groups in total. The maximum absolute atomic E-state index is 11.8. The molecule has 1 aliphatic carbocycles. The third-order valence-corrected chi connectivity index (χ3v) is 3.19. The van der Waals surface area contributed by atoms with Gasteiger partial charge in [0.05, 0.1) is 0 Å². The summed E-state index contributed by atoms with van der Waals surface area (Å²) >= 11 is 0. The Hall–Kier alpha value is -1.97. The van der Waals surface area contributed by atoms with E-state index in [4.69, 9.17) is 4.42 Å². The van der Waals surface area contributed by atoms with Crippen molar-refractivity contribution in [2.24, 2.45) is 5.92 Å². The Balaban J connectivity index is 1.85. The van der Waals surface area contributed by atoms with Crippen LogP contribution in [0.1, 0.15) is 36.0 Å². The third-order valence-electron chi connectivity index (χ3n) is 3.19. The molecule has 1 fully saturated rings. The van der Waals surface area contributed by atoms with Crippen LogP contribution in [0.25, 0.3) is 11.5 Å². The summed E-state index contributed by atoms with van der Waals surface area (Å²) in [5, 5.41) is 7.77. The minimum absolute atomic E-state index is 0.0149. The standard InChI is InChI=1S/C14H14N2O2/c1-2-9-3-5-11(6-4-9)13-15-16-14(18-13)12(17)10-7-8-10/h3-6,10H,2,7-8H2,1H3. The van der Waals surface area contributed by atoms with Gasteiger partial charge in [-0.3, -0.25) is 4.79 Å².